The highest BCUT2D eigenvalue weighted by atomic mass is 32.1. The Kier molecular flexibility index (Phi) is 4.80. The highest BCUT2D eigenvalue weighted by Gasteiger charge is 2.19. The van der Waals surface area contributed by atoms with Crippen LogP contribution in [0.25, 0.3) is 81.1 Å². The van der Waals surface area contributed by atoms with E-state index in [1.54, 1.807) is 0 Å². The number of hydrogen-bond acceptors (Lipinski definition) is 2. The molecule has 2 nitrogen and oxygen atoms in total. The Labute approximate surface area is 240 Å². The van der Waals surface area contributed by atoms with Gasteiger partial charge in [-0.2, -0.15) is 0 Å². The third-order valence-electron chi connectivity index (χ3n) is 8.22. The molecule has 0 radical (unpaired) electrons. The van der Waals surface area contributed by atoms with Crippen molar-refractivity contribution in [1.29, 1.82) is 0 Å². The quantitative estimate of drug-likeness (QED) is 0.217. The first-order valence-corrected chi connectivity index (χ1v) is 14.7. The zero-order valence-corrected chi connectivity index (χ0v) is 22.9. The third-order valence-corrected chi connectivity index (χ3v) is 9.35. The van der Waals surface area contributed by atoms with E-state index in [9.17, 15) is 0 Å². The van der Waals surface area contributed by atoms with E-state index >= 15 is 0 Å². The van der Waals surface area contributed by atoms with Crippen molar-refractivity contribution in [1.82, 2.24) is 4.57 Å². The zero-order valence-electron chi connectivity index (χ0n) is 22.0. The van der Waals surface area contributed by atoms with E-state index in [0.29, 0.717) is 0 Å². The summed E-state index contributed by atoms with van der Waals surface area (Å²) in [5, 5.41) is 4.92. The molecule has 0 amide bonds. The summed E-state index contributed by atoms with van der Waals surface area (Å²) in [4.78, 5) is 0. The van der Waals surface area contributed by atoms with Crippen LogP contribution in [-0.4, -0.2) is 4.57 Å². The lowest BCUT2D eigenvalue weighted by Crippen LogP contribution is -1.92. The number of furan rings is 1. The number of hydrogen-bond donors (Lipinski definition) is 0. The van der Waals surface area contributed by atoms with Crippen LogP contribution in [0.5, 0.6) is 0 Å². The van der Waals surface area contributed by atoms with Crippen molar-refractivity contribution in [3.8, 4) is 27.9 Å². The van der Waals surface area contributed by atoms with Gasteiger partial charge in [-0.05, 0) is 70.8 Å². The zero-order chi connectivity index (χ0) is 26.9. The van der Waals surface area contributed by atoms with E-state index in [-0.39, 0.29) is 0 Å². The Balaban J connectivity index is 1.16. The van der Waals surface area contributed by atoms with Gasteiger partial charge in [-0.1, -0.05) is 91.0 Å². The molecule has 0 aliphatic heterocycles. The second-order valence-corrected chi connectivity index (χ2v) is 11.6. The Morgan fingerprint density at radius 2 is 1.10 bits per heavy atom. The summed E-state index contributed by atoms with van der Waals surface area (Å²) in [7, 11) is 0. The molecule has 0 atom stereocenters. The molecule has 192 valence electrons. The molecule has 0 saturated carbocycles. The molecule has 9 aromatic rings. The van der Waals surface area contributed by atoms with E-state index in [1.165, 1.54) is 42.4 Å². The van der Waals surface area contributed by atoms with Gasteiger partial charge in [0.2, 0.25) is 0 Å². The maximum Gasteiger partial charge on any atom is 0.161 e. The van der Waals surface area contributed by atoms with Crippen LogP contribution < -0.4 is 0 Å². The Morgan fingerprint density at radius 1 is 0.463 bits per heavy atom. The SMILES string of the molecule is c1ccc(-n2c3ccccc3c3oc4ccc(-c5ccc(-c6ccc7c(c6)sc6ccccc67)cc5)cc4c32)cc1. The molecule has 3 aromatic heterocycles. The molecule has 41 heavy (non-hydrogen) atoms. The fourth-order valence-electron chi connectivity index (χ4n) is 6.26. The predicted octanol–water partition coefficient (Wildman–Crippen LogP) is 11.2. The largest absolute Gasteiger partial charge is 0.454 e. The standard InChI is InChI=1S/C38H23NOS/c1-2-8-28(9-3-1)39-33-12-6-4-11-31(33)38-37(39)32-22-26(19-21-34(32)40-38)24-14-16-25(17-15-24)27-18-20-30-29-10-5-7-13-35(29)41-36(30)23-27/h1-23H. The van der Waals surface area contributed by atoms with Crippen molar-refractivity contribution in [2.75, 3.05) is 0 Å². The van der Waals surface area contributed by atoms with Crippen LogP contribution in [0.1, 0.15) is 0 Å². The first-order valence-electron chi connectivity index (χ1n) is 13.9. The van der Waals surface area contributed by atoms with Gasteiger partial charge >= 0.3 is 0 Å². The molecular weight excluding hydrogens is 518 g/mol. The average Bonchev–Trinajstić information content (AvgIpc) is 3.69. The summed E-state index contributed by atoms with van der Waals surface area (Å²) in [5.74, 6) is 0. The van der Waals surface area contributed by atoms with E-state index < -0.39 is 0 Å². The van der Waals surface area contributed by atoms with Crippen LogP contribution in [0.3, 0.4) is 0 Å². The number of aromatic nitrogens is 1. The molecule has 0 bridgehead atoms. The molecule has 3 heteroatoms. The highest BCUT2D eigenvalue weighted by molar-refractivity contribution is 7.25. The molecule has 0 aliphatic rings. The van der Waals surface area contributed by atoms with Gasteiger partial charge in [0, 0.05) is 36.6 Å². The lowest BCUT2D eigenvalue weighted by atomic mass is 9.99. The van der Waals surface area contributed by atoms with E-state index in [0.717, 1.165) is 38.7 Å². The summed E-state index contributed by atoms with van der Waals surface area (Å²) in [6.45, 7) is 0. The number of para-hydroxylation sites is 2. The number of thiophene rings is 1. The molecule has 3 heterocycles. The molecule has 0 spiro atoms. The average molecular weight is 542 g/mol. The Morgan fingerprint density at radius 3 is 1.93 bits per heavy atom. The molecule has 6 aromatic carbocycles. The van der Waals surface area contributed by atoms with Gasteiger partial charge < -0.3 is 8.98 Å². The predicted molar refractivity (Wildman–Crippen MR) is 174 cm³/mol. The van der Waals surface area contributed by atoms with E-state index in [2.05, 4.69) is 144 Å². The van der Waals surface area contributed by atoms with Crippen molar-refractivity contribution in [3.63, 3.8) is 0 Å². The van der Waals surface area contributed by atoms with Crippen molar-refractivity contribution in [3.05, 3.63) is 140 Å². The minimum atomic E-state index is 0.905. The van der Waals surface area contributed by atoms with Crippen LogP contribution in [0.4, 0.5) is 0 Å². The Bertz CT molecular complexity index is 2410. The van der Waals surface area contributed by atoms with Crippen LogP contribution in [0, 0.1) is 0 Å². The van der Waals surface area contributed by atoms with Gasteiger partial charge in [0.25, 0.3) is 0 Å². The van der Waals surface area contributed by atoms with Crippen molar-refractivity contribution < 1.29 is 4.42 Å². The molecule has 0 saturated heterocycles. The lowest BCUT2D eigenvalue weighted by Gasteiger charge is -2.08. The first kappa shape index (κ1) is 22.7. The van der Waals surface area contributed by atoms with Crippen molar-refractivity contribution in [2.24, 2.45) is 0 Å². The lowest BCUT2D eigenvalue weighted by molar-refractivity contribution is 0.673. The van der Waals surface area contributed by atoms with Gasteiger partial charge in [0.15, 0.2) is 5.58 Å². The smallest absolute Gasteiger partial charge is 0.161 e. The maximum absolute atomic E-state index is 6.47. The number of nitrogens with zero attached hydrogens (tertiary/aromatic N) is 1. The maximum atomic E-state index is 6.47. The molecular formula is C38H23NOS. The van der Waals surface area contributed by atoms with Gasteiger partial charge in [0.05, 0.1) is 5.52 Å². The summed E-state index contributed by atoms with van der Waals surface area (Å²) in [5.41, 5.74) is 10.1. The van der Waals surface area contributed by atoms with E-state index in [4.69, 9.17) is 4.42 Å². The van der Waals surface area contributed by atoms with Crippen LogP contribution >= 0.6 is 11.3 Å². The number of rotatable bonds is 3. The molecule has 0 fully saturated rings. The van der Waals surface area contributed by atoms with Gasteiger partial charge in [-0.15, -0.1) is 11.3 Å². The normalized spacial score (nSPS) is 11.9. The number of fused-ring (bicyclic) bond motifs is 8. The molecule has 0 N–H and O–H groups in total. The summed E-state index contributed by atoms with van der Waals surface area (Å²) < 4.78 is 11.5. The first-order chi connectivity index (χ1) is 20.3. The van der Waals surface area contributed by atoms with Gasteiger partial charge in [-0.25, -0.2) is 0 Å². The van der Waals surface area contributed by atoms with Crippen LogP contribution in [0.15, 0.2) is 144 Å². The van der Waals surface area contributed by atoms with Gasteiger partial charge in [0.1, 0.15) is 11.1 Å². The van der Waals surface area contributed by atoms with Crippen molar-refractivity contribution >= 4 is 64.5 Å². The summed E-state index contributed by atoms with van der Waals surface area (Å²) >= 11 is 1.86. The monoisotopic (exact) mass is 541 g/mol. The van der Waals surface area contributed by atoms with Crippen LogP contribution in [0.2, 0.25) is 0 Å². The summed E-state index contributed by atoms with van der Waals surface area (Å²) in [6, 6.07) is 50.0. The van der Waals surface area contributed by atoms with Crippen molar-refractivity contribution in [2.45, 2.75) is 0 Å². The molecule has 0 aliphatic carbocycles. The second kappa shape index (κ2) is 8.69. The van der Waals surface area contributed by atoms with Gasteiger partial charge in [-0.3, -0.25) is 0 Å². The topological polar surface area (TPSA) is 18.1 Å². The fraction of sp³-hybridized carbons (Fsp3) is 0. The van der Waals surface area contributed by atoms with E-state index in [1.807, 2.05) is 11.3 Å². The Hall–Kier alpha value is -5.12. The molecule has 9 rings (SSSR count). The van der Waals surface area contributed by atoms with Crippen LogP contribution in [-0.2, 0) is 0 Å². The highest BCUT2D eigenvalue weighted by Crippen LogP contribution is 2.41. The summed E-state index contributed by atoms with van der Waals surface area (Å²) in [6.07, 6.45) is 0. The second-order valence-electron chi connectivity index (χ2n) is 10.6. The third kappa shape index (κ3) is 3.43. The molecule has 0 unspecified atom stereocenters. The minimum absolute atomic E-state index is 0.905. The number of benzene rings is 6. The minimum Gasteiger partial charge on any atom is -0.454 e. The fourth-order valence-corrected chi connectivity index (χ4v) is 7.40.